The zero-order valence-corrected chi connectivity index (χ0v) is 10.3. The van der Waals surface area contributed by atoms with E-state index in [1.54, 1.807) is 0 Å². The van der Waals surface area contributed by atoms with Crippen molar-refractivity contribution >= 4 is 5.91 Å². The minimum absolute atomic E-state index is 0.00626. The molecule has 1 amide bonds. The monoisotopic (exact) mass is 260 g/mol. The smallest absolute Gasteiger partial charge is 0.220 e. The van der Waals surface area contributed by atoms with Gasteiger partial charge in [-0.1, -0.05) is 0 Å². The molecule has 0 bridgehead atoms. The first-order valence-electron chi connectivity index (χ1n) is 5.53. The number of alkyl halides is 1. The zero-order valence-electron chi connectivity index (χ0n) is 10.3. The average molecular weight is 260 g/mol. The summed E-state index contributed by atoms with van der Waals surface area (Å²) in [6, 6.07) is 0.694. The number of amides is 1. The Morgan fingerprint density at radius 2 is 2.11 bits per heavy atom. The van der Waals surface area contributed by atoms with Crippen LogP contribution in [0.3, 0.4) is 0 Å². The maximum absolute atomic E-state index is 13.2. The molecule has 1 aromatic heterocycles. The Balaban J connectivity index is 2.43. The molecule has 0 saturated carbocycles. The molecule has 0 aromatic carbocycles. The number of carbonyl (C=O) groups is 1. The maximum atomic E-state index is 13.2. The highest BCUT2D eigenvalue weighted by atomic mass is 19.1. The average Bonchev–Trinajstić information content (AvgIpc) is 2.24. The van der Waals surface area contributed by atoms with Crippen LogP contribution in [0.2, 0.25) is 0 Å². The van der Waals surface area contributed by atoms with Crippen molar-refractivity contribution in [3.63, 3.8) is 0 Å². The Labute approximate surface area is 103 Å². The molecule has 1 rings (SSSR count). The van der Waals surface area contributed by atoms with Crippen LogP contribution in [0.15, 0.2) is 12.3 Å². The van der Waals surface area contributed by atoms with Gasteiger partial charge in [0.1, 0.15) is 17.3 Å². The quantitative estimate of drug-likeness (QED) is 0.883. The summed E-state index contributed by atoms with van der Waals surface area (Å²) in [7, 11) is 0. The fourth-order valence-corrected chi connectivity index (χ4v) is 1.25. The van der Waals surface area contributed by atoms with Crippen molar-refractivity contribution in [1.82, 2.24) is 10.3 Å². The number of hydrogen-bond acceptors (Lipinski definition) is 2. The zero-order chi connectivity index (χ0) is 13.8. The summed E-state index contributed by atoms with van der Waals surface area (Å²) in [6.07, 6.45) is 0.958. The first kappa shape index (κ1) is 14.5. The van der Waals surface area contributed by atoms with Gasteiger partial charge in [-0.25, -0.2) is 13.2 Å². The van der Waals surface area contributed by atoms with E-state index >= 15 is 0 Å². The van der Waals surface area contributed by atoms with E-state index in [-0.39, 0.29) is 25.1 Å². The number of nitrogens with zero attached hydrogens (tertiary/aromatic N) is 1. The first-order valence-corrected chi connectivity index (χ1v) is 5.53. The van der Waals surface area contributed by atoms with E-state index in [2.05, 4.69) is 10.3 Å². The fraction of sp³-hybridized carbons (Fsp3) is 0.500. The molecule has 0 unspecified atom stereocenters. The fourth-order valence-electron chi connectivity index (χ4n) is 1.25. The third-order valence-electron chi connectivity index (χ3n) is 2.28. The molecule has 0 radical (unpaired) electrons. The van der Waals surface area contributed by atoms with Crippen LogP contribution in [0.1, 0.15) is 32.4 Å². The van der Waals surface area contributed by atoms with Crippen molar-refractivity contribution < 1.29 is 18.0 Å². The van der Waals surface area contributed by atoms with E-state index < -0.39 is 23.2 Å². The molecule has 6 heteroatoms. The highest BCUT2D eigenvalue weighted by molar-refractivity contribution is 5.75. The second kappa shape index (κ2) is 5.84. The molecule has 0 saturated heterocycles. The molecule has 0 spiro atoms. The van der Waals surface area contributed by atoms with Crippen molar-refractivity contribution in [2.24, 2.45) is 0 Å². The number of halogens is 3. The Kier molecular flexibility index (Phi) is 4.69. The van der Waals surface area contributed by atoms with Crippen molar-refractivity contribution in [2.45, 2.75) is 38.9 Å². The van der Waals surface area contributed by atoms with Gasteiger partial charge >= 0.3 is 0 Å². The molecule has 1 heterocycles. The second-order valence-electron chi connectivity index (χ2n) is 4.58. The third kappa shape index (κ3) is 5.16. The largest absolute Gasteiger partial charge is 0.350 e. The highest BCUT2D eigenvalue weighted by Crippen LogP contribution is 2.15. The van der Waals surface area contributed by atoms with Gasteiger partial charge in [0.2, 0.25) is 5.91 Å². The van der Waals surface area contributed by atoms with Crippen molar-refractivity contribution in [3.8, 4) is 0 Å². The van der Waals surface area contributed by atoms with Crippen LogP contribution in [0, 0.1) is 11.6 Å². The highest BCUT2D eigenvalue weighted by Gasteiger charge is 2.17. The van der Waals surface area contributed by atoms with Gasteiger partial charge in [-0.05, 0) is 20.3 Å². The molecule has 100 valence electrons. The number of nitrogens with one attached hydrogen (secondary N) is 1. The van der Waals surface area contributed by atoms with E-state index in [0.717, 1.165) is 6.20 Å². The molecule has 0 aliphatic carbocycles. The predicted octanol–water partition coefficient (Wildman–Crippen LogP) is 2.50. The van der Waals surface area contributed by atoms with Gasteiger partial charge in [0.15, 0.2) is 0 Å². The maximum Gasteiger partial charge on any atom is 0.220 e. The van der Waals surface area contributed by atoms with Crippen LogP contribution in [0.25, 0.3) is 0 Å². The summed E-state index contributed by atoms with van der Waals surface area (Å²) in [5.41, 5.74) is -1.47. The summed E-state index contributed by atoms with van der Waals surface area (Å²) in [5.74, 6) is -1.99. The number of carbonyl (C=O) groups excluding carboxylic acids is 1. The lowest BCUT2D eigenvalue weighted by atomic mass is 10.1. The van der Waals surface area contributed by atoms with Gasteiger partial charge in [-0.3, -0.25) is 9.78 Å². The Hall–Kier alpha value is -1.59. The SMILES string of the molecule is CC(C)(F)CCC(=O)NCc1ncc(F)cc1F. The van der Waals surface area contributed by atoms with E-state index in [0.29, 0.717) is 6.07 Å². The van der Waals surface area contributed by atoms with Gasteiger partial charge in [-0.15, -0.1) is 0 Å². The first-order chi connectivity index (χ1) is 8.28. The minimum Gasteiger partial charge on any atom is -0.350 e. The van der Waals surface area contributed by atoms with Crippen LogP contribution in [0.4, 0.5) is 13.2 Å². The van der Waals surface area contributed by atoms with Crippen molar-refractivity contribution in [2.75, 3.05) is 0 Å². The summed E-state index contributed by atoms with van der Waals surface area (Å²) < 4.78 is 38.9. The van der Waals surface area contributed by atoms with E-state index in [1.807, 2.05) is 0 Å². The standard InChI is InChI=1S/C12H15F3N2O/c1-12(2,15)4-3-11(18)17-7-10-9(14)5-8(13)6-16-10/h5-6H,3-4,7H2,1-2H3,(H,17,18). The van der Waals surface area contributed by atoms with Crippen molar-refractivity contribution in [1.29, 1.82) is 0 Å². The van der Waals surface area contributed by atoms with Gasteiger partial charge in [-0.2, -0.15) is 0 Å². The lowest BCUT2D eigenvalue weighted by Crippen LogP contribution is -2.26. The number of aromatic nitrogens is 1. The summed E-state index contributed by atoms with van der Waals surface area (Å²) in [5, 5.41) is 2.40. The number of hydrogen-bond donors (Lipinski definition) is 1. The summed E-state index contributed by atoms with van der Waals surface area (Å²) >= 11 is 0. The molecule has 0 fully saturated rings. The molecule has 3 nitrogen and oxygen atoms in total. The summed E-state index contributed by atoms with van der Waals surface area (Å²) in [4.78, 5) is 14.9. The molecule has 0 atom stereocenters. The van der Waals surface area contributed by atoms with E-state index in [4.69, 9.17) is 0 Å². The van der Waals surface area contributed by atoms with Gasteiger partial charge in [0.25, 0.3) is 0 Å². The number of pyridine rings is 1. The minimum atomic E-state index is -1.42. The molecule has 1 N–H and O–H groups in total. The van der Waals surface area contributed by atoms with Crippen LogP contribution in [-0.2, 0) is 11.3 Å². The molecule has 0 aliphatic heterocycles. The van der Waals surface area contributed by atoms with Gasteiger partial charge < -0.3 is 5.32 Å². The Morgan fingerprint density at radius 1 is 1.44 bits per heavy atom. The third-order valence-corrected chi connectivity index (χ3v) is 2.28. The van der Waals surface area contributed by atoms with E-state index in [9.17, 15) is 18.0 Å². The summed E-state index contributed by atoms with van der Waals surface area (Å²) in [6.45, 7) is 2.61. The van der Waals surface area contributed by atoms with Gasteiger partial charge in [0, 0.05) is 12.5 Å². The second-order valence-corrected chi connectivity index (χ2v) is 4.58. The Morgan fingerprint density at radius 3 is 2.67 bits per heavy atom. The molecule has 1 aromatic rings. The van der Waals surface area contributed by atoms with Crippen LogP contribution >= 0.6 is 0 Å². The van der Waals surface area contributed by atoms with E-state index in [1.165, 1.54) is 13.8 Å². The topological polar surface area (TPSA) is 42.0 Å². The molecule has 18 heavy (non-hydrogen) atoms. The Bertz CT molecular complexity index is 430. The van der Waals surface area contributed by atoms with Gasteiger partial charge in [0.05, 0.1) is 18.4 Å². The predicted molar refractivity (Wildman–Crippen MR) is 60.4 cm³/mol. The normalized spacial score (nSPS) is 11.4. The lowest BCUT2D eigenvalue weighted by Gasteiger charge is -2.13. The molecular formula is C12H15F3N2O. The van der Waals surface area contributed by atoms with Crippen LogP contribution < -0.4 is 5.32 Å². The molecule has 0 aliphatic rings. The van der Waals surface area contributed by atoms with Crippen molar-refractivity contribution in [3.05, 3.63) is 29.6 Å². The lowest BCUT2D eigenvalue weighted by molar-refractivity contribution is -0.121. The molecular weight excluding hydrogens is 245 g/mol. The van der Waals surface area contributed by atoms with Crippen LogP contribution in [0.5, 0.6) is 0 Å². The van der Waals surface area contributed by atoms with Crippen LogP contribution in [-0.4, -0.2) is 16.6 Å². The number of rotatable bonds is 5.